The van der Waals surface area contributed by atoms with E-state index < -0.39 is 11.6 Å². The lowest BCUT2D eigenvalue weighted by atomic mass is 10.3. The van der Waals surface area contributed by atoms with Crippen molar-refractivity contribution in [2.45, 2.75) is 6.92 Å². The summed E-state index contributed by atoms with van der Waals surface area (Å²) in [5, 5.41) is 2.76. The third-order valence-corrected chi connectivity index (χ3v) is 1.66. The smallest absolute Gasteiger partial charge is 0.150 e. The maximum absolute atomic E-state index is 12.9. The minimum Gasteiger partial charge on any atom is -0.382 e. The molecule has 12 heavy (non-hydrogen) atoms. The van der Waals surface area contributed by atoms with Crippen molar-refractivity contribution in [2.75, 3.05) is 11.9 Å². The van der Waals surface area contributed by atoms with Crippen LogP contribution in [0.2, 0.25) is 5.02 Å². The van der Waals surface area contributed by atoms with E-state index in [2.05, 4.69) is 5.32 Å². The van der Waals surface area contributed by atoms with Crippen LogP contribution < -0.4 is 5.32 Å². The number of anilines is 1. The minimum absolute atomic E-state index is 0.0642. The van der Waals surface area contributed by atoms with Crippen LogP contribution in [-0.2, 0) is 0 Å². The number of rotatable bonds is 2. The Morgan fingerprint density at radius 1 is 1.42 bits per heavy atom. The zero-order chi connectivity index (χ0) is 9.14. The first kappa shape index (κ1) is 9.26. The second-order valence-electron chi connectivity index (χ2n) is 2.27. The Morgan fingerprint density at radius 2 is 2.08 bits per heavy atom. The number of hydrogen-bond acceptors (Lipinski definition) is 1. The van der Waals surface area contributed by atoms with Crippen molar-refractivity contribution >= 4 is 17.3 Å². The highest BCUT2D eigenvalue weighted by Gasteiger charge is 2.07. The monoisotopic (exact) mass is 191 g/mol. The summed E-state index contributed by atoms with van der Waals surface area (Å²) >= 11 is 5.57. The Bertz CT molecular complexity index is 265. The second kappa shape index (κ2) is 3.72. The molecule has 0 aliphatic carbocycles. The van der Waals surface area contributed by atoms with E-state index in [-0.39, 0.29) is 10.7 Å². The topological polar surface area (TPSA) is 12.0 Å². The molecule has 0 fully saturated rings. The molecule has 0 unspecified atom stereocenters. The van der Waals surface area contributed by atoms with Gasteiger partial charge in [-0.3, -0.25) is 0 Å². The van der Waals surface area contributed by atoms with Crippen molar-refractivity contribution in [1.29, 1.82) is 0 Å². The van der Waals surface area contributed by atoms with Crippen molar-refractivity contribution in [3.05, 3.63) is 28.8 Å². The van der Waals surface area contributed by atoms with E-state index in [0.29, 0.717) is 6.54 Å². The van der Waals surface area contributed by atoms with Crippen LogP contribution in [0.4, 0.5) is 14.5 Å². The lowest BCUT2D eigenvalue weighted by Crippen LogP contribution is -2.00. The number of halogens is 3. The van der Waals surface area contributed by atoms with Gasteiger partial charge in [0.2, 0.25) is 0 Å². The summed E-state index contributed by atoms with van der Waals surface area (Å²) in [6.07, 6.45) is 0. The molecule has 66 valence electrons. The van der Waals surface area contributed by atoms with Crippen LogP contribution in [0.15, 0.2) is 12.1 Å². The summed E-state index contributed by atoms with van der Waals surface area (Å²) in [7, 11) is 0. The Kier molecular flexibility index (Phi) is 2.87. The summed E-state index contributed by atoms with van der Waals surface area (Å²) in [6, 6.07) is 1.87. The van der Waals surface area contributed by atoms with Crippen molar-refractivity contribution < 1.29 is 8.78 Å². The Morgan fingerprint density at radius 3 is 2.58 bits per heavy atom. The van der Waals surface area contributed by atoms with Crippen LogP contribution in [0.1, 0.15) is 6.92 Å². The van der Waals surface area contributed by atoms with Gasteiger partial charge in [-0.05, 0) is 13.0 Å². The highest BCUT2D eigenvalue weighted by molar-refractivity contribution is 6.33. The maximum atomic E-state index is 12.9. The SMILES string of the molecule is CCNc1c(F)cc(F)cc1Cl. The number of benzene rings is 1. The minimum atomic E-state index is -0.667. The van der Waals surface area contributed by atoms with Crippen molar-refractivity contribution in [2.24, 2.45) is 0 Å². The molecule has 0 amide bonds. The van der Waals surface area contributed by atoms with Gasteiger partial charge in [-0.15, -0.1) is 0 Å². The molecule has 0 aliphatic rings. The molecule has 0 spiro atoms. The first-order chi connectivity index (χ1) is 5.65. The lowest BCUT2D eigenvalue weighted by Gasteiger charge is -2.06. The molecule has 0 aromatic heterocycles. The molecule has 1 rings (SSSR count). The van der Waals surface area contributed by atoms with Crippen molar-refractivity contribution in [3.63, 3.8) is 0 Å². The summed E-state index contributed by atoms with van der Waals surface area (Å²) < 4.78 is 25.4. The Labute approximate surface area is 74.3 Å². The maximum Gasteiger partial charge on any atom is 0.150 e. The highest BCUT2D eigenvalue weighted by atomic mass is 35.5. The van der Waals surface area contributed by atoms with Gasteiger partial charge in [0.1, 0.15) is 5.82 Å². The first-order valence-corrected chi connectivity index (χ1v) is 3.91. The summed E-state index contributed by atoms with van der Waals surface area (Å²) in [5.41, 5.74) is 0.153. The Hall–Kier alpha value is -0.830. The third-order valence-electron chi connectivity index (χ3n) is 1.36. The molecule has 0 saturated heterocycles. The van der Waals surface area contributed by atoms with Gasteiger partial charge in [0.25, 0.3) is 0 Å². The molecule has 1 aromatic rings. The van der Waals surface area contributed by atoms with E-state index in [1.54, 1.807) is 6.92 Å². The standard InChI is InChI=1S/C8H8ClF2N/c1-2-12-8-6(9)3-5(10)4-7(8)11/h3-4,12H,2H2,1H3. The Balaban J connectivity index is 3.10. The fourth-order valence-corrected chi connectivity index (χ4v) is 1.15. The molecule has 1 aromatic carbocycles. The molecule has 0 bridgehead atoms. The predicted octanol–water partition coefficient (Wildman–Crippen LogP) is 3.05. The fraction of sp³-hybridized carbons (Fsp3) is 0.250. The number of nitrogens with one attached hydrogen (secondary N) is 1. The van der Waals surface area contributed by atoms with Crippen molar-refractivity contribution in [3.8, 4) is 0 Å². The van der Waals surface area contributed by atoms with Gasteiger partial charge in [0.05, 0.1) is 10.7 Å². The molecular formula is C8H8ClF2N. The van der Waals surface area contributed by atoms with Gasteiger partial charge in [0, 0.05) is 12.6 Å². The molecule has 0 saturated carbocycles. The normalized spacial score (nSPS) is 10.0. The van der Waals surface area contributed by atoms with Crippen molar-refractivity contribution in [1.82, 2.24) is 0 Å². The molecule has 0 heterocycles. The van der Waals surface area contributed by atoms with Gasteiger partial charge in [-0.1, -0.05) is 11.6 Å². The van der Waals surface area contributed by atoms with Crippen LogP contribution in [0, 0.1) is 11.6 Å². The van der Waals surface area contributed by atoms with E-state index in [9.17, 15) is 8.78 Å². The first-order valence-electron chi connectivity index (χ1n) is 3.53. The van der Waals surface area contributed by atoms with Crippen LogP contribution in [0.25, 0.3) is 0 Å². The lowest BCUT2D eigenvalue weighted by molar-refractivity contribution is 0.585. The van der Waals surface area contributed by atoms with Gasteiger partial charge < -0.3 is 5.32 Å². The van der Waals surface area contributed by atoms with E-state index in [0.717, 1.165) is 12.1 Å². The van der Waals surface area contributed by atoms with E-state index in [4.69, 9.17) is 11.6 Å². The average molecular weight is 192 g/mol. The van der Waals surface area contributed by atoms with E-state index in [1.165, 1.54) is 0 Å². The average Bonchev–Trinajstić information content (AvgIpc) is 1.96. The van der Waals surface area contributed by atoms with Gasteiger partial charge in [0.15, 0.2) is 5.82 Å². The summed E-state index contributed by atoms with van der Waals surface area (Å²) in [4.78, 5) is 0. The molecule has 0 aliphatic heterocycles. The van der Waals surface area contributed by atoms with Crippen LogP contribution in [0.5, 0.6) is 0 Å². The zero-order valence-corrected chi connectivity index (χ0v) is 7.25. The van der Waals surface area contributed by atoms with E-state index in [1.807, 2.05) is 0 Å². The highest BCUT2D eigenvalue weighted by Crippen LogP contribution is 2.25. The van der Waals surface area contributed by atoms with E-state index >= 15 is 0 Å². The van der Waals surface area contributed by atoms with Crippen LogP contribution in [-0.4, -0.2) is 6.54 Å². The van der Waals surface area contributed by atoms with Gasteiger partial charge in [-0.25, -0.2) is 8.78 Å². The van der Waals surface area contributed by atoms with Crippen LogP contribution in [0.3, 0.4) is 0 Å². The quantitative estimate of drug-likeness (QED) is 0.758. The molecule has 0 radical (unpaired) electrons. The molecule has 1 N–H and O–H groups in total. The fourth-order valence-electron chi connectivity index (χ4n) is 0.888. The molecule has 4 heteroatoms. The third kappa shape index (κ3) is 1.85. The number of hydrogen-bond donors (Lipinski definition) is 1. The van der Waals surface area contributed by atoms with Crippen LogP contribution >= 0.6 is 11.6 Å². The molecule has 1 nitrogen and oxygen atoms in total. The molecule has 0 atom stereocenters. The van der Waals surface area contributed by atoms with Gasteiger partial charge >= 0.3 is 0 Å². The molecular weight excluding hydrogens is 184 g/mol. The van der Waals surface area contributed by atoms with Gasteiger partial charge in [-0.2, -0.15) is 0 Å². The predicted molar refractivity (Wildman–Crippen MR) is 45.5 cm³/mol. The zero-order valence-electron chi connectivity index (χ0n) is 6.50. The largest absolute Gasteiger partial charge is 0.382 e. The second-order valence-corrected chi connectivity index (χ2v) is 2.68. The summed E-state index contributed by atoms with van der Waals surface area (Å²) in [6.45, 7) is 2.35. The summed E-state index contributed by atoms with van der Waals surface area (Å²) in [5.74, 6) is -1.33.